The predicted molar refractivity (Wildman–Crippen MR) is 96.3 cm³/mol. The molecule has 2 rings (SSSR count). The first-order valence-electron chi connectivity index (χ1n) is 6.83. The second-order valence-corrected chi connectivity index (χ2v) is 9.47. The monoisotopic (exact) mass is 441 g/mol. The number of sulfone groups is 1. The van der Waals surface area contributed by atoms with Crippen LogP contribution >= 0.6 is 27.3 Å². The molecule has 2 aromatic rings. The molecule has 2 N–H and O–H groups in total. The van der Waals surface area contributed by atoms with Gasteiger partial charge in [0.1, 0.15) is 5.75 Å². The first-order valence-corrected chi connectivity index (χ1v) is 10.3. The summed E-state index contributed by atoms with van der Waals surface area (Å²) in [5.74, 6) is -2.47. The van der Waals surface area contributed by atoms with E-state index < -0.39 is 27.4 Å². The van der Waals surface area contributed by atoms with Crippen molar-refractivity contribution in [1.82, 2.24) is 10.9 Å². The highest BCUT2D eigenvalue weighted by atomic mass is 79.9. The standard InChI is InChI=1S/C15H12BrN3O4S2/c16-13-6-5-12(24-13)15(21)19-18-14(20)9-25(22,23)8-11-3-1-10(7-17)2-4-11/h1-6H,8-9H2,(H,18,20)(H,19,21). The number of thiophene rings is 1. The number of halogens is 1. The van der Waals surface area contributed by atoms with Crippen molar-refractivity contribution < 1.29 is 18.0 Å². The molecule has 0 spiro atoms. The van der Waals surface area contributed by atoms with Crippen LogP contribution in [-0.2, 0) is 20.4 Å². The maximum atomic E-state index is 12.0. The smallest absolute Gasteiger partial charge is 0.272 e. The zero-order valence-corrected chi connectivity index (χ0v) is 15.9. The number of hydrogen-bond acceptors (Lipinski definition) is 6. The third kappa shape index (κ3) is 5.97. The number of nitrogens with zero attached hydrogens (tertiary/aromatic N) is 1. The van der Waals surface area contributed by atoms with E-state index in [4.69, 9.17) is 5.26 Å². The molecule has 10 heteroatoms. The normalized spacial score (nSPS) is 10.7. The summed E-state index contributed by atoms with van der Waals surface area (Å²) in [6, 6.07) is 11.2. The molecule has 0 unspecified atom stereocenters. The highest BCUT2D eigenvalue weighted by Crippen LogP contribution is 2.21. The first kappa shape index (κ1) is 19.1. The minimum Gasteiger partial charge on any atom is -0.272 e. The van der Waals surface area contributed by atoms with E-state index in [1.54, 1.807) is 12.1 Å². The molecule has 0 saturated heterocycles. The Labute approximate surface area is 156 Å². The number of carbonyl (C=O) groups excluding carboxylic acids is 2. The quantitative estimate of drug-likeness (QED) is 0.685. The average molecular weight is 442 g/mol. The van der Waals surface area contributed by atoms with Gasteiger partial charge >= 0.3 is 0 Å². The lowest BCUT2D eigenvalue weighted by Gasteiger charge is -2.07. The molecule has 7 nitrogen and oxygen atoms in total. The Kier molecular flexibility index (Phi) is 6.30. The number of hydrogen-bond donors (Lipinski definition) is 2. The predicted octanol–water partition coefficient (Wildman–Crippen LogP) is 1.76. The van der Waals surface area contributed by atoms with Crippen LogP contribution in [0.25, 0.3) is 0 Å². The lowest BCUT2D eigenvalue weighted by molar-refractivity contribution is -0.119. The van der Waals surface area contributed by atoms with Gasteiger partial charge in [-0.1, -0.05) is 12.1 Å². The third-order valence-electron chi connectivity index (χ3n) is 2.93. The van der Waals surface area contributed by atoms with Crippen LogP contribution in [0, 0.1) is 11.3 Å². The van der Waals surface area contributed by atoms with Crippen LogP contribution in [0.1, 0.15) is 20.8 Å². The Morgan fingerprint density at radius 3 is 2.36 bits per heavy atom. The molecule has 0 aliphatic heterocycles. The van der Waals surface area contributed by atoms with Gasteiger partial charge in [0, 0.05) is 0 Å². The average Bonchev–Trinajstić information content (AvgIpc) is 2.99. The highest BCUT2D eigenvalue weighted by molar-refractivity contribution is 9.11. The Morgan fingerprint density at radius 2 is 1.80 bits per heavy atom. The maximum Gasteiger partial charge on any atom is 0.279 e. The van der Waals surface area contributed by atoms with Crippen LogP contribution in [0.3, 0.4) is 0 Å². The number of nitriles is 1. The molecule has 1 heterocycles. The zero-order chi connectivity index (χ0) is 18.4. The Hall–Kier alpha value is -2.22. The fourth-order valence-electron chi connectivity index (χ4n) is 1.84. The molecular formula is C15H12BrN3O4S2. The number of amides is 2. The van der Waals surface area contributed by atoms with Gasteiger partial charge in [-0.05, 0) is 45.8 Å². The SMILES string of the molecule is N#Cc1ccc(CS(=O)(=O)CC(=O)NNC(=O)c2ccc(Br)s2)cc1. The molecule has 0 aliphatic rings. The molecule has 1 aromatic heterocycles. The van der Waals surface area contributed by atoms with E-state index in [2.05, 4.69) is 26.8 Å². The van der Waals surface area contributed by atoms with Gasteiger partial charge in [0.25, 0.3) is 11.8 Å². The van der Waals surface area contributed by atoms with Gasteiger partial charge in [0.2, 0.25) is 0 Å². The summed E-state index contributed by atoms with van der Waals surface area (Å²) in [6.45, 7) is 0. The van der Waals surface area contributed by atoms with Crippen molar-refractivity contribution in [1.29, 1.82) is 5.26 Å². The summed E-state index contributed by atoms with van der Waals surface area (Å²) >= 11 is 4.39. The summed E-state index contributed by atoms with van der Waals surface area (Å²) in [7, 11) is -3.71. The molecule has 0 aliphatic carbocycles. The fraction of sp³-hybridized carbons (Fsp3) is 0.133. The van der Waals surface area contributed by atoms with E-state index in [0.29, 0.717) is 16.0 Å². The van der Waals surface area contributed by atoms with E-state index in [0.717, 1.165) is 3.79 Å². The van der Waals surface area contributed by atoms with Crippen molar-refractivity contribution in [3.05, 3.63) is 56.2 Å². The van der Waals surface area contributed by atoms with Crippen molar-refractivity contribution in [2.75, 3.05) is 5.75 Å². The van der Waals surface area contributed by atoms with Crippen molar-refractivity contribution in [2.24, 2.45) is 0 Å². The second-order valence-electron chi connectivity index (χ2n) is 4.95. The Bertz CT molecular complexity index is 930. The van der Waals surface area contributed by atoms with E-state index in [9.17, 15) is 18.0 Å². The summed E-state index contributed by atoms with van der Waals surface area (Å²) in [4.78, 5) is 23.9. The van der Waals surface area contributed by atoms with Gasteiger partial charge < -0.3 is 0 Å². The molecule has 0 radical (unpaired) electrons. The van der Waals surface area contributed by atoms with E-state index in [-0.39, 0.29) is 5.75 Å². The number of carbonyl (C=O) groups is 2. The van der Waals surface area contributed by atoms with Crippen molar-refractivity contribution in [3.8, 4) is 6.07 Å². The van der Waals surface area contributed by atoms with Crippen LogP contribution in [0.2, 0.25) is 0 Å². The maximum absolute atomic E-state index is 12.0. The molecule has 0 bridgehead atoms. The summed E-state index contributed by atoms with van der Waals surface area (Å²) in [5.41, 5.74) is 5.14. The van der Waals surface area contributed by atoms with Gasteiger partial charge in [0.15, 0.2) is 9.84 Å². The molecule has 0 fully saturated rings. The van der Waals surface area contributed by atoms with Crippen LogP contribution in [0.5, 0.6) is 0 Å². The number of rotatable bonds is 5. The van der Waals surface area contributed by atoms with E-state index >= 15 is 0 Å². The third-order valence-corrected chi connectivity index (χ3v) is 6.03. The fourth-order valence-corrected chi connectivity index (χ4v) is 4.40. The molecule has 1 aromatic carbocycles. The Balaban J connectivity index is 1.87. The van der Waals surface area contributed by atoms with Crippen LogP contribution in [0.15, 0.2) is 40.2 Å². The lowest BCUT2D eigenvalue weighted by Crippen LogP contribution is -2.44. The van der Waals surface area contributed by atoms with Crippen molar-refractivity contribution >= 4 is 48.9 Å². The van der Waals surface area contributed by atoms with Crippen LogP contribution in [0.4, 0.5) is 0 Å². The highest BCUT2D eigenvalue weighted by Gasteiger charge is 2.18. The van der Waals surface area contributed by atoms with Gasteiger partial charge in [-0.15, -0.1) is 11.3 Å². The van der Waals surface area contributed by atoms with Crippen molar-refractivity contribution in [3.63, 3.8) is 0 Å². The molecule has 0 saturated carbocycles. The largest absolute Gasteiger partial charge is 0.279 e. The summed E-state index contributed by atoms with van der Waals surface area (Å²) < 4.78 is 24.8. The molecule has 130 valence electrons. The minimum atomic E-state index is -3.71. The minimum absolute atomic E-state index is 0.335. The first-order chi connectivity index (χ1) is 11.8. The number of benzene rings is 1. The van der Waals surface area contributed by atoms with Crippen LogP contribution < -0.4 is 10.9 Å². The lowest BCUT2D eigenvalue weighted by atomic mass is 10.2. The molecule has 2 amide bonds. The topological polar surface area (TPSA) is 116 Å². The number of hydrazine groups is 1. The van der Waals surface area contributed by atoms with Gasteiger partial charge in [-0.2, -0.15) is 5.26 Å². The second kappa shape index (κ2) is 8.24. The van der Waals surface area contributed by atoms with Crippen LogP contribution in [-0.4, -0.2) is 26.0 Å². The molecule has 25 heavy (non-hydrogen) atoms. The van der Waals surface area contributed by atoms with Gasteiger partial charge in [0.05, 0.1) is 26.0 Å². The Morgan fingerprint density at radius 1 is 1.12 bits per heavy atom. The number of nitrogens with one attached hydrogen (secondary N) is 2. The van der Waals surface area contributed by atoms with E-state index in [1.807, 2.05) is 6.07 Å². The van der Waals surface area contributed by atoms with Crippen molar-refractivity contribution in [2.45, 2.75) is 5.75 Å². The molecule has 0 atom stereocenters. The molecular weight excluding hydrogens is 430 g/mol. The summed E-state index contributed by atoms with van der Waals surface area (Å²) in [6.07, 6.45) is 0. The van der Waals surface area contributed by atoms with Gasteiger partial charge in [-0.25, -0.2) is 8.42 Å². The zero-order valence-electron chi connectivity index (χ0n) is 12.7. The summed E-state index contributed by atoms with van der Waals surface area (Å²) in [5, 5.41) is 8.71. The van der Waals surface area contributed by atoms with Gasteiger partial charge in [-0.3, -0.25) is 20.4 Å². The van der Waals surface area contributed by atoms with E-state index in [1.165, 1.54) is 35.6 Å².